The summed E-state index contributed by atoms with van der Waals surface area (Å²) in [6.45, 7) is 9.15. The second-order valence-corrected chi connectivity index (χ2v) is 4.45. The Labute approximate surface area is 87.7 Å². The molecule has 0 radical (unpaired) electrons. The van der Waals surface area contributed by atoms with Gasteiger partial charge >= 0.3 is 0 Å². The van der Waals surface area contributed by atoms with Crippen LogP contribution in [0.4, 0.5) is 0 Å². The minimum Gasteiger partial charge on any atom is -0.385 e. The maximum absolute atomic E-state index is 5.12. The quantitative estimate of drug-likeness (QED) is 0.603. The smallest absolute Gasteiger partial charge is 0.0468 e. The van der Waals surface area contributed by atoms with Gasteiger partial charge in [0.15, 0.2) is 0 Å². The molecule has 0 atom stereocenters. The zero-order chi connectivity index (χ0) is 10.4. The Hall–Kier alpha value is -0.340. The van der Waals surface area contributed by atoms with E-state index in [0.29, 0.717) is 5.41 Å². The van der Waals surface area contributed by atoms with E-state index in [0.717, 1.165) is 26.1 Å². The van der Waals surface area contributed by atoms with Crippen molar-refractivity contribution in [3.05, 3.63) is 12.2 Å². The lowest BCUT2D eigenvalue weighted by molar-refractivity contribution is 0.171. The molecule has 82 valence electrons. The van der Waals surface area contributed by atoms with Crippen LogP contribution < -0.4 is 5.32 Å². The predicted octanol–water partition coefficient (Wildman–Crippen LogP) is 2.36. The molecule has 0 spiro atoms. The summed E-state index contributed by atoms with van der Waals surface area (Å²) in [6.07, 6.45) is 5.01. The fourth-order valence-electron chi connectivity index (χ4n) is 1.64. The summed E-state index contributed by atoms with van der Waals surface area (Å²) in [5.41, 5.74) is 1.86. The Bertz CT molecular complexity index is 185. The Kier molecular flexibility index (Phi) is 4.63. The van der Waals surface area contributed by atoms with E-state index in [1.54, 1.807) is 7.11 Å². The van der Waals surface area contributed by atoms with Crippen molar-refractivity contribution in [3.8, 4) is 0 Å². The fourth-order valence-corrected chi connectivity index (χ4v) is 1.64. The van der Waals surface area contributed by atoms with Crippen LogP contribution in [-0.4, -0.2) is 26.8 Å². The molecule has 2 nitrogen and oxygen atoms in total. The van der Waals surface area contributed by atoms with Crippen molar-refractivity contribution in [2.45, 2.75) is 32.6 Å². The van der Waals surface area contributed by atoms with Crippen molar-refractivity contribution in [3.63, 3.8) is 0 Å². The molecule has 0 saturated heterocycles. The van der Waals surface area contributed by atoms with Gasteiger partial charge < -0.3 is 10.1 Å². The van der Waals surface area contributed by atoms with Crippen LogP contribution in [0.3, 0.4) is 0 Å². The molecule has 0 amide bonds. The van der Waals surface area contributed by atoms with Gasteiger partial charge in [-0.3, -0.25) is 0 Å². The Morgan fingerprint density at radius 3 is 2.71 bits per heavy atom. The molecule has 1 saturated carbocycles. The third-order valence-corrected chi connectivity index (χ3v) is 3.17. The van der Waals surface area contributed by atoms with Crippen LogP contribution in [0.15, 0.2) is 12.2 Å². The lowest BCUT2D eigenvalue weighted by Gasteiger charge is -2.15. The zero-order valence-corrected chi connectivity index (χ0v) is 9.57. The largest absolute Gasteiger partial charge is 0.385 e. The van der Waals surface area contributed by atoms with Gasteiger partial charge in [0.05, 0.1) is 0 Å². The van der Waals surface area contributed by atoms with Gasteiger partial charge in [-0.05, 0) is 31.1 Å². The molecule has 1 fully saturated rings. The highest BCUT2D eigenvalue weighted by molar-refractivity contribution is 4.99. The summed E-state index contributed by atoms with van der Waals surface area (Å²) in [6, 6.07) is 0. The molecule has 0 aromatic rings. The van der Waals surface area contributed by atoms with Crippen LogP contribution in [0, 0.1) is 5.41 Å². The monoisotopic (exact) mass is 197 g/mol. The number of methoxy groups -OCH3 is 1. The van der Waals surface area contributed by atoms with E-state index in [2.05, 4.69) is 18.8 Å². The highest BCUT2D eigenvalue weighted by Crippen LogP contribution is 2.48. The molecular weight excluding hydrogens is 174 g/mol. The van der Waals surface area contributed by atoms with Crippen molar-refractivity contribution < 1.29 is 4.74 Å². The molecule has 0 aromatic carbocycles. The summed E-state index contributed by atoms with van der Waals surface area (Å²) in [5, 5.41) is 3.49. The van der Waals surface area contributed by atoms with Gasteiger partial charge in [0.2, 0.25) is 0 Å². The summed E-state index contributed by atoms with van der Waals surface area (Å²) in [7, 11) is 1.78. The average molecular weight is 197 g/mol. The molecule has 0 aromatic heterocycles. The Balaban J connectivity index is 2.08. The highest BCUT2D eigenvalue weighted by Gasteiger charge is 2.41. The predicted molar refractivity (Wildman–Crippen MR) is 60.5 cm³/mol. The summed E-state index contributed by atoms with van der Waals surface area (Å²) in [5.74, 6) is 0. The normalized spacial score (nSPS) is 18.1. The van der Waals surface area contributed by atoms with Crippen molar-refractivity contribution in [1.29, 1.82) is 0 Å². The third-order valence-electron chi connectivity index (χ3n) is 3.17. The lowest BCUT2D eigenvalue weighted by Crippen LogP contribution is -2.26. The van der Waals surface area contributed by atoms with Crippen LogP contribution in [0.1, 0.15) is 32.6 Å². The third kappa shape index (κ3) is 3.81. The highest BCUT2D eigenvalue weighted by atomic mass is 16.5. The first-order valence-corrected chi connectivity index (χ1v) is 5.59. The minimum absolute atomic E-state index is 0.560. The molecule has 1 aliphatic rings. The van der Waals surface area contributed by atoms with Gasteiger partial charge in [-0.15, -0.1) is 0 Å². The second-order valence-electron chi connectivity index (χ2n) is 4.45. The molecule has 0 bridgehead atoms. The zero-order valence-electron chi connectivity index (χ0n) is 9.57. The first-order chi connectivity index (χ1) is 6.72. The van der Waals surface area contributed by atoms with Crippen molar-refractivity contribution in [2.24, 2.45) is 5.41 Å². The molecule has 1 rings (SSSR count). The lowest BCUT2D eigenvalue weighted by atomic mass is 10.0. The van der Waals surface area contributed by atoms with E-state index < -0.39 is 0 Å². The fraction of sp³-hybridized carbons (Fsp3) is 0.833. The maximum atomic E-state index is 5.12. The van der Waals surface area contributed by atoms with Gasteiger partial charge in [-0.2, -0.15) is 0 Å². The number of hydrogen-bond donors (Lipinski definition) is 1. The first kappa shape index (κ1) is 11.7. The number of nitrogens with one attached hydrogen (secondary N) is 1. The molecule has 0 unspecified atom stereocenters. The molecule has 14 heavy (non-hydrogen) atoms. The van der Waals surface area contributed by atoms with Gasteiger partial charge in [0.25, 0.3) is 0 Å². The molecule has 0 aliphatic heterocycles. The van der Waals surface area contributed by atoms with E-state index in [4.69, 9.17) is 4.74 Å². The van der Waals surface area contributed by atoms with Gasteiger partial charge in [-0.1, -0.05) is 19.1 Å². The number of ether oxygens (including phenoxy) is 1. The molecule has 1 aliphatic carbocycles. The maximum Gasteiger partial charge on any atom is 0.0468 e. The van der Waals surface area contributed by atoms with E-state index in [1.807, 2.05) is 0 Å². The molecular formula is C12H23NO. The van der Waals surface area contributed by atoms with Crippen LogP contribution in [0.5, 0.6) is 0 Å². The molecule has 0 heterocycles. The summed E-state index contributed by atoms with van der Waals surface area (Å²) >= 11 is 0. The Morgan fingerprint density at radius 1 is 1.50 bits per heavy atom. The first-order valence-electron chi connectivity index (χ1n) is 5.59. The van der Waals surface area contributed by atoms with Crippen LogP contribution in [0.25, 0.3) is 0 Å². The van der Waals surface area contributed by atoms with E-state index in [-0.39, 0.29) is 0 Å². The van der Waals surface area contributed by atoms with Crippen molar-refractivity contribution in [2.75, 3.05) is 26.8 Å². The van der Waals surface area contributed by atoms with Crippen molar-refractivity contribution >= 4 is 0 Å². The molecule has 2 heteroatoms. The summed E-state index contributed by atoms with van der Waals surface area (Å²) in [4.78, 5) is 0. The SMILES string of the molecule is C=C(CC)CNCC1(CCOC)CC1. The van der Waals surface area contributed by atoms with Crippen LogP contribution >= 0.6 is 0 Å². The Morgan fingerprint density at radius 2 is 2.21 bits per heavy atom. The van der Waals surface area contributed by atoms with E-state index in [9.17, 15) is 0 Å². The molecule has 1 N–H and O–H groups in total. The average Bonchev–Trinajstić information content (AvgIpc) is 2.95. The van der Waals surface area contributed by atoms with E-state index in [1.165, 1.54) is 24.8 Å². The van der Waals surface area contributed by atoms with Gasteiger partial charge in [-0.25, -0.2) is 0 Å². The number of rotatable bonds is 8. The van der Waals surface area contributed by atoms with Crippen LogP contribution in [-0.2, 0) is 4.74 Å². The standard InChI is InChI=1S/C12H23NO/c1-4-11(2)9-13-10-12(5-6-12)7-8-14-3/h13H,2,4-10H2,1,3H3. The van der Waals surface area contributed by atoms with Crippen LogP contribution in [0.2, 0.25) is 0 Å². The van der Waals surface area contributed by atoms with E-state index >= 15 is 0 Å². The van der Waals surface area contributed by atoms with Gasteiger partial charge in [0, 0.05) is 26.8 Å². The summed E-state index contributed by atoms with van der Waals surface area (Å²) < 4.78 is 5.12. The van der Waals surface area contributed by atoms with Crippen molar-refractivity contribution in [1.82, 2.24) is 5.32 Å². The van der Waals surface area contributed by atoms with Gasteiger partial charge in [0.1, 0.15) is 0 Å². The topological polar surface area (TPSA) is 21.3 Å². The second kappa shape index (κ2) is 5.52. The number of hydrogen-bond acceptors (Lipinski definition) is 2. The minimum atomic E-state index is 0.560.